The predicted molar refractivity (Wildman–Crippen MR) is 53.3 cm³/mol. The Labute approximate surface area is 80.4 Å². The van der Waals surface area contributed by atoms with E-state index in [-0.39, 0.29) is 12.8 Å². The molecule has 82 valence electrons. The number of hydrogen-bond donors (Lipinski definition) is 2. The SMILES string of the molecule is CC(C)(C)S(=O)(=O)OCCCN.N. The second kappa shape index (κ2) is 5.54. The Hall–Kier alpha value is -0.170. The Balaban J connectivity index is 0. The van der Waals surface area contributed by atoms with Crippen molar-refractivity contribution >= 4 is 10.1 Å². The molecule has 0 unspecified atom stereocenters. The van der Waals surface area contributed by atoms with E-state index in [1.165, 1.54) is 0 Å². The van der Waals surface area contributed by atoms with Crippen molar-refractivity contribution in [3.05, 3.63) is 0 Å². The molecule has 0 aliphatic heterocycles. The van der Waals surface area contributed by atoms with E-state index in [9.17, 15) is 8.42 Å². The first kappa shape index (κ1) is 15.3. The normalized spacial score (nSPS) is 12.3. The van der Waals surface area contributed by atoms with Gasteiger partial charge in [-0.3, -0.25) is 4.18 Å². The molecule has 0 rings (SSSR count). The molecule has 6 heteroatoms. The zero-order valence-corrected chi connectivity index (χ0v) is 9.36. The van der Waals surface area contributed by atoms with Crippen LogP contribution < -0.4 is 11.9 Å². The third-order valence-electron chi connectivity index (χ3n) is 1.34. The molecule has 0 fully saturated rings. The lowest BCUT2D eigenvalue weighted by molar-refractivity contribution is 0.301. The molecular formula is C7H20N2O3S. The zero-order chi connectivity index (χ0) is 9.83. The molecule has 0 saturated heterocycles. The first-order valence-electron chi connectivity index (χ1n) is 3.90. The second-order valence-electron chi connectivity index (χ2n) is 3.53. The van der Waals surface area contributed by atoms with E-state index in [4.69, 9.17) is 9.92 Å². The molecular weight excluding hydrogens is 192 g/mol. The van der Waals surface area contributed by atoms with Crippen LogP contribution in [0.4, 0.5) is 0 Å². The highest BCUT2D eigenvalue weighted by molar-refractivity contribution is 7.88. The maximum absolute atomic E-state index is 11.3. The Kier molecular flexibility index (Phi) is 6.52. The minimum atomic E-state index is -3.43. The number of hydrogen-bond acceptors (Lipinski definition) is 5. The van der Waals surface area contributed by atoms with Crippen LogP contribution in [0.5, 0.6) is 0 Å². The first-order valence-corrected chi connectivity index (χ1v) is 5.31. The lowest BCUT2D eigenvalue weighted by Gasteiger charge is -2.18. The fourth-order valence-electron chi connectivity index (χ4n) is 0.429. The number of rotatable bonds is 4. The first-order chi connectivity index (χ1) is 5.31. The summed E-state index contributed by atoms with van der Waals surface area (Å²) in [6.45, 7) is 5.43. The van der Waals surface area contributed by atoms with Gasteiger partial charge in [-0.2, -0.15) is 8.42 Å². The van der Waals surface area contributed by atoms with Crippen LogP contribution >= 0.6 is 0 Å². The van der Waals surface area contributed by atoms with Crippen LogP contribution in [0.25, 0.3) is 0 Å². The monoisotopic (exact) mass is 212 g/mol. The van der Waals surface area contributed by atoms with Crippen molar-refractivity contribution in [1.82, 2.24) is 6.15 Å². The van der Waals surface area contributed by atoms with Gasteiger partial charge < -0.3 is 11.9 Å². The van der Waals surface area contributed by atoms with Crippen molar-refractivity contribution < 1.29 is 12.6 Å². The molecule has 0 aliphatic rings. The van der Waals surface area contributed by atoms with Crippen molar-refractivity contribution in [3.8, 4) is 0 Å². The molecule has 5 nitrogen and oxygen atoms in total. The fourth-order valence-corrected chi connectivity index (χ4v) is 1.12. The molecule has 0 bridgehead atoms. The molecule has 0 heterocycles. The summed E-state index contributed by atoms with van der Waals surface area (Å²) in [6, 6.07) is 0. The van der Waals surface area contributed by atoms with Crippen molar-refractivity contribution in [3.63, 3.8) is 0 Å². The predicted octanol–water partition coefficient (Wildman–Crippen LogP) is 0.642. The molecule has 0 aliphatic carbocycles. The molecule has 0 radical (unpaired) electrons. The summed E-state index contributed by atoms with van der Waals surface area (Å²) in [5, 5.41) is 0. The fraction of sp³-hybridized carbons (Fsp3) is 1.00. The van der Waals surface area contributed by atoms with Crippen molar-refractivity contribution in [2.24, 2.45) is 5.73 Å². The van der Waals surface area contributed by atoms with Crippen LogP contribution in [-0.2, 0) is 14.3 Å². The largest absolute Gasteiger partial charge is 0.344 e. The third-order valence-corrected chi connectivity index (χ3v) is 3.31. The summed E-state index contributed by atoms with van der Waals surface area (Å²) in [7, 11) is -3.43. The van der Waals surface area contributed by atoms with Crippen LogP contribution in [0, 0.1) is 0 Å². The van der Waals surface area contributed by atoms with E-state index in [1.54, 1.807) is 20.8 Å². The minimum absolute atomic E-state index is 0. The van der Waals surface area contributed by atoms with Gasteiger partial charge in [-0.15, -0.1) is 0 Å². The molecule has 0 aromatic heterocycles. The topological polar surface area (TPSA) is 104 Å². The maximum atomic E-state index is 11.3. The lowest BCUT2D eigenvalue weighted by Crippen LogP contribution is -2.30. The van der Waals surface area contributed by atoms with E-state index in [0.29, 0.717) is 13.0 Å². The van der Waals surface area contributed by atoms with Gasteiger partial charge in [0, 0.05) is 0 Å². The summed E-state index contributed by atoms with van der Waals surface area (Å²) in [5.74, 6) is 0. The summed E-state index contributed by atoms with van der Waals surface area (Å²) < 4.78 is 26.4. The highest BCUT2D eigenvalue weighted by Crippen LogP contribution is 2.16. The van der Waals surface area contributed by atoms with Crippen LogP contribution in [0.15, 0.2) is 0 Å². The van der Waals surface area contributed by atoms with Gasteiger partial charge in [-0.1, -0.05) is 0 Å². The molecule has 0 atom stereocenters. The van der Waals surface area contributed by atoms with Gasteiger partial charge in [0.05, 0.1) is 11.4 Å². The van der Waals surface area contributed by atoms with Gasteiger partial charge in [-0.25, -0.2) is 0 Å². The summed E-state index contributed by atoms with van der Waals surface area (Å²) >= 11 is 0. The minimum Gasteiger partial charge on any atom is -0.344 e. The second-order valence-corrected chi connectivity index (χ2v) is 5.90. The van der Waals surface area contributed by atoms with Gasteiger partial charge in [0.15, 0.2) is 0 Å². The molecule has 0 aromatic rings. The standard InChI is InChI=1S/C7H17NO3S.H3N/c1-7(2,3)12(9,10)11-6-4-5-8;/h4-6,8H2,1-3H3;1H3. The summed E-state index contributed by atoms with van der Waals surface area (Å²) in [4.78, 5) is 0. The summed E-state index contributed by atoms with van der Waals surface area (Å²) in [5.41, 5.74) is 5.19. The van der Waals surface area contributed by atoms with Gasteiger partial charge >= 0.3 is 0 Å². The molecule has 0 aromatic carbocycles. The zero-order valence-electron chi connectivity index (χ0n) is 8.54. The van der Waals surface area contributed by atoms with E-state index >= 15 is 0 Å². The van der Waals surface area contributed by atoms with Gasteiger partial charge in [0.25, 0.3) is 10.1 Å². The average Bonchev–Trinajstić information content (AvgIpc) is 1.85. The molecule has 0 saturated carbocycles. The van der Waals surface area contributed by atoms with Crippen LogP contribution in [0.2, 0.25) is 0 Å². The lowest BCUT2D eigenvalue weighted by atomic mass is 10.3. The molecule has 5 N–H and O–H groups in total. The van der Waals surface area contributed by atoms with E-state index in [1.807, 2.05) is 0 Å². The average molecular weight is 212 g/mol. The quantitative estimate of drug-likeness (QED) is 0.525. The molecule has 0 spiro atoms. The van der Waals surface area contributed by atoms with Gasteiger partial charge in [-0.05, 0) is 33.7 Å². The maximum Gasteiger partial charge on any atom is 0.272 e. The Morgan fingerprint density at radius 2 is 1.77 bits per heavy atom. The van der Waals surface area contributed by atoms with Crippen LogP contribution in [-0.4, -0.2) is 26.3 Å². The van der Waals surface area contributed by atoms with E-state index < -0.39 is 14.9 Å². The number of nitrogens with two attached hydrogens (primary N) is 1. The summed E-state index contributed by atoms with van der Waals surface area (Å²) in [6.07, 6.45) is 0.565. The van der Waals surface area contributed by atoms with E-state index in [0.717, 1.165) is 0 Å². The van der Waals surface area contributed by atoms with Crippen molar-refractivity contribution in [2.75, 3.05) is 13.2 Å². The highest BCUT2D eigenvalue weighted by atomic mass is 32.2. The third kappa shape index (κ3) is 5.20. The highest BCUT2D eigenvalue weighted by Gasteiger charge is 2.29. The van der Waals surface area contributed by atoms with Crippen LogP contribution in [0.3, 0.4) is 0 Å². The molecule has 0 amide bonds. The van der Waals surface area contributed by atoms with Gasteiger partial charge in [0.2, 0.25) is 0 Å². The van der Waals surface area contributed by atoms with Gasteiger partial charge in [0.1, 0.15) is 0 Å². The van der Waals surface area contributed by atoms with Crippen molar-refractivity contribution in [2.45, 2.75) is 31.9 Å². The van der Waals surface area contributed by atoms with Crippen LogP contribution in [0.1, 0.15) is 27.2 Å². The van der Waals surface area contributed by atoms with Crippen molar-refractivity contribution in [1.29, 1.82) is 0 Å². The Bertz CT molecular complexity index is 218. The molecule has 13 heavy (non-hydrogen) atoms. The Morgan fingerprint density at radius 1 is 1.31 bits per heavy atom. The Morgan fingerprint density at radius 3 is 2.08 bits per heavy atom. The smallest absolute Gasteiger partial charge is 0.272 e. The van der Waals surface area contributed by atoms with E-state index in [2.05, 4.69) is 0 Å².